The number of amides is 2. The molecule has 0 fully saturated rings. The molecule has 0 atom stereocenters. The normalized spacial score (nSPS) is 13.7. The first kappa shape index (κ1) is 24.4. The molecule has 11 heteroatoms. The van der Waals surface area contributed by atoms with Gasteiger partial charge in [0.25, 0.3) is 5.91 Å². The van der Waals surface area contributed by atoms with Crippen molar-refractivity contribution < 1.29 is 37.2 Å². The number of nitrogens with zero attached hydrogens (tertiary/aromatic N) is 1. The average Bonchev–Trinajstić information content (AvgIpc) is 2.81. The lowest BCUT2D eigenvalue weighted by Gasteiger charge is -2.12. The minimum atomic E-state index is -4.59. The van der Waals surface area contributed by atoms with Gasteiger partial charge in [-0.25, -0.2) is 10.2 Å². The summed E-state index contributed by atoms with van der Waals surface area (Å²) >= 11 is 0. The smallest absolute Gasteiger partial charge is 0.340 e. The second kappa shape index (κ2) is 10.6. The molecule has 1 aliphatic rings. The zero-order chi connectivity index (χ0) is 24.7. The summed E-state index contributed by atoms with van der Waals surface area (Å²) in [6.45, 7) is 0. The van der Waals surface area contributed by atoms with Gasteiger partial charge in [-0.3, -0.25) is 14.4 Å². The van der Waals surface area contributed by atoms with E-state index in [9.17, 15) is 32.3 Å². The van der Waals surface area contributed by atoms with Crippen molar-refractivity contribution in [1.82, 2.24) is 10.9 Å². The number of carbonyl (C=O) groups excluding carboxylic acids is 4. The van der Waals surface area contributed by atoms with Crippen LogP contribution >= 0.6 is 0 Å². The van der Waals surface area contributed by atoms with Crippen molar-refractivity contribution in [3.63, 3.8) is 0 Å². The van der Waals surface area contributed by atoms with Crippen molar-refractivity contribution in [3.8, 4) is 0 Å². The Bertz CT molecular complexity index is 1170. The van der Waals surface area contributed by atoms with Crippen LogP contribution in [-0.4, -0.2) is 29.3 Å². The lowest BCUT2D eigenvalue weighted by molar-refractivity contribution is -0.150. The van der Waals surface area contributed by atoms with E-state index in [4.69, 9.17) is 0 Å². The second-order valence-corrected chi connectivity index (χ2v) is 7.14. The highest BCUT2D eigenvalue weighted by Crippen LogP contribution is 2.32. The van der Waals surface area contributed by atoms with Gasteiger partial charge in [-0.15, -0.1) is 0 Å². The first-order chi connectivity index (χ1) is 16.1. The highest BCUT2D eigenvalue weighted by molar-refractivity contribution is 6.05. The fourth-order valence-electron chi connectivity index (χ4n) is 2.98. The van der Waals surface area contributed by atoms with Gasteiger partial charge < -0.3 is 4.84 Å². The first-order valence-corrected chi connectivity index (χ1v) is 9.96. The fourth-order valence-corrected chi connectivity index (χ4v) is 2.98. The summed E-state index contributed by atoms with van der Waals surface area (Å²) in [4.78, 5) is 51.5. The van der Waals surface area contributed by atoms with Crippen molar-refractivity contribution in [3.05, 3.63) is 76.9 Å². The Kier molecular flexibility index (Phi) is 7.57. The zero-order valence-electron chi connectivity index (χ0n) is 17.5. The molecule has 0 aromatic heterocycles. The lowest BCUT2D eigenvalue weighted by Crippen LogP contribution is -2.28. The van der Waals surface area contributed by atoms with Crippen LogP contribution in [0.2, 0.25) is 0 Å². The van der Waals surface area contributed by atoms with Crippen LogP contribution in [-0.2, 0) is 25.4 Å². The van der Waals surface area contributed by atoms with E-state index in [1.54, 1.807) is 12.1 Å². The Morgan fingerprint density at radius 2 is 1.76 bits per heavy atom. The third-order valence-corrected chi connectivity index (χ3v) is 4.68. The van der Waals surface area contributed by atoms with Crippen molar-refractivity contribution in [2.45, 2.75) is 25.4 Å². The number of allylic oxidation sites excluding steroid dienone is 1. The van der Waals surface area contributed by atoms with E-state index in [0.717, 1.165) is 18.2 Å². The summed E-state index contributed by atoms with van der Waals surface area (Å²) in [7, 11) is 0. The number of benzene rings is 2. The first-order valence-electron chi connectivity index (χ1n) is 9.96. The van der Waals surface area contributed by atoms with Crippen LogP contribution < -0.4 is 10.9 Å². The summed E-state index contributed by atoms with van der Waals surface area (Å²) in [5.41, 5.74) is 4.66. The summed E-state index contributed by atoms with van der Waals surface area (Å²) in [5.74, 6) is -2.82. The number of hydrogen-bond acceptors (Lipinski definition) is 6. The molecule has 1 heterocycles. The molecule has 0 spiro atoms. The van der Waals surface area contributed by atoms with E-state index < -0.39 is 35.8 Å². The maximum atomic E-state index is 13.0. The Morgan fingerprint density at radius 1 is 1.06 bits per heavy atom. The van der Waals surface area contributed by atoms with Crippen molar-refractivity contribution in [2.75, 3.05) is 0 Å². The SMILES string of the molecule is O=C(C=Cc1ccccc1C(F)(F)F)CC(=O)ONC(=O)c1ccc(C2=NNC(=O)CC2)cc1. The third-order valence-electron chi connectivity index (χ3n) is 4.68. The third kappa shape index (κ3) is 6.61. The number of hydrazone groups is 1. The summed E-state index contributed by atoms with van der Waals surface area (Å²) in [5, 5.41) is 3.95. The van der Waals surface area contributed by atoms with E-state index in [-0.39, 0.29) is 17.0 Å². The van der Waals surface area contributed by atoms with E-state index in [1.807, 2.05) is 5.48 Å². The number of rotatable bonds is 6. The van der Waals surface area contributed by atoms with Gasteiger partial charge in [-0.2, -0.15) is 23.8 Å². The highest BCUT2D eigenvalue weighted by atomic mass is 19.4. The van der Waals surface area contributed by atoms with Crippen LogP contribution in [0.5, 0.6) is 0 Å². The largest absolute Gasteiger partial charge is 0.416 e. The Morgan fingerprint density at radius 3 is 2.41 bits per heavy atom. The number of carbonyl (C=O) groups is 4. The standard InChI is InChI=1S/C23H18F3N3O5/c24-23(25,26)18-4-2-1-3-14(18)9-10-17(30)13-21(32)34-29-22(33)16-7-5-15(6-8-16)19-11-12-20(31)28-27-19/h1-10H,11-13H2,(H,28,31)(H,29,33). The molecule has 3 rings (SSSR count). The summed E-state index contributed by atoms with van der Waals surface area (Å²) in [6.07, 6.45) is -2.82. The van der Waals surface area contributed by atoms with Gasteiger partial charge in [-0.05, 0) is 35.4 Å². The van der Waals surface area contributed by atoms with Gasteiger partial charge in [0.1, 0.15) is 6.42 Å². The minimum Gasteiger partial charge on any atom is -0.340 e. The molecule has 2 aromatic carbocycles. The van der Waals surface area contributed by atoms with Gasteiger partial charge in [0.2, 0.25) is 5.91 Å². The van der Waals surface area contributed by atoms with Gasteiger partial charge in [0.05, 0.1) is 11.3 Å². The van der Waals surface area contributed by atoms with Gasteiger partial charge in [-0.1, -0.05) is 36.4 Å². The van der Waals surface area contributed by atoms with Crippen LogP contribution in [0.25, 0.3) is 6.08 Å². The van der Waals surface area contributed by atoms with E-state index >= 15 is 0 Å². The highest BCUT2D eigenvalue weighted by Gasteiger charge is 2.32. The van der Waals surface area contributed by atoms with Gasteiger partial charge >= 0.3 is 12.1 Å². The monoisotopic (exact) mass is 473 g/mol. The van der Waals surface area contributed by atoms with E-state index in [2.05, 4.69) is 15.4 Å². The Balaban J connectivity index is 1.50. The van der Waals surface area contributed by atoms with Crippen molar-refractivity contribution >= 4 is 35.4 Å². The number of hydroxylamine groups is 1. The molecule has 1 aliphatic heterocycles. The number of nitrogens with one attached hydrogen (secondary N) is 2. The predicted octanol–water partition coefficient (Wildman–Crippen LogP) is 3.18. The van der Waals surface area contributed by atoms with E-state index in [0.29, 0.717) is 24.1 Å². The molecular formula is C23H18F3N3O5. The molecule has 34 heavy (non-hydrogen) atoms. The number of alkyl halides is 3. The molecule has 0 radical (unpaired) electrons. The molecule has 0 bridgehead atoms. The van der Waals surface area contributed by atoms with Crippen molar-refractivity contribution in [1.29, 1.82) is 0 Å². The zero-order valence-corrected chi connectivity index (χ0v) is 17.5. The summed E-state index contributed by atoms with van der Waals surface area (Å²) in [6, 6.07) is 10.8. The van der Waals surface area contributed by atoms with Crippen LogP contribution in [0.3, 0.4) is 0 Å². The topological polar surface area (TPSA) is 114 Å². The molecule has 0 saturated carbocycles. The Labute approximate surface area is 191 Å². The van der Waals surface area contributed by atoms with Crippen LogP contribution in [0, 0.1) is 0 Å². The fraction of sp³-hybridized carbons (Fsp3) is 0.174. The van der Waals surface area contributed by atoms with E-state index in [1.165, 1.54) is 30.3 Å². The minimum absolute atomic E-state index is 0.159. The molecule has 176 valence electrons. The number of ketones is 1. The number of halogens is 3. The van der Waals surface area contributed by atoms with Gasteiger partial charge in [0.15, 0.2) is 5.78 Å². The summed E-state index contributed by atoms with van der Waals surface area (Å²) < 4.78 is 38.9. The maximum absolute atomic E-state index is 13.0. The van der Waals surface area contributed by atoms with Crippen LogP contribution in [0.15, 0.2) is 59.7 Å². The predicted molar refractivity (Wildman–Crippen MR) is 114 cm³/mol. The molecule has 2 aromatic rings. The van der Waals surface area contributed by atoms with Gasteiger partial charge in [0, 0.05) is 18.4 Å². The van der Waals surface area contributed by atoms with Crippen molar-refractivity contribution in [2.24, 2.45) is 5.10 Å². The molecule has 0 unspecified atom stereocenters. The lowest BCUT2D eigenvalue weighted by atomic mass is 10.0. The molecule has 8 nitrogen and oxygen atoms in total. The van der Waals surface area contributed by atoms with Crippen LogP contribution in [0.4, 0.5) is 13.2 Å². The molecule has 0 saturated heterocycles. The maximum Gasteiger partial charge on any atom is 0.416 e. The number of hydrogen-bond donors (Lipinski definition) is 2. The second-order valence-electron chi connectivity index (χ2n) is 7.14. The molecule has 2 amide bonds. The Hall–Kier alpha value is -4.28. The molecular weight excluding hydrogens is 455 g/mol. The molecule has 2 N–H and O–H groups in total. The van der Waals surface area contributed by atoms with Crippen LogP contribution in [0.1, 0.15) is 46.3 Å². The quantitative estimate of drug-likeness (QED) is 0.380. The molecule has 0 aliphatic carbocycles. The average molecular weight is 473 g/mol.